The summed E-state index contributed by atoms with van der Waals surface area (Å²) in [7, 11) is 0. The Bertz CT molecular complexity index is 977. The van der Waals surface area contributed by atoms with Gasteiger partial charge in [-0.3, -0.25) is 4.79 Å². The number of aromatic nitrogens is 3. The molecule has 2 atom stereocenters. The van der Waals surface area contributed by atoms with Crippen LogP contribution >= 0.6 is 27.3 Å². The van der Waals surface area contributed by atoms with Gasteiger partial charge in [0.2, 0.25) is 0 Å². The predicted molar refractivity (Wildman–Crippen MR) is 105 cm³/mol. The van der Waals surface area contributed by atoms with Crippen LogP contribution in [0.2, 0.25) is 0 Å². The van der Waals surface area contributed by atoms with Crippen LogP contribution in [0.15, 0.2) is 33.7 Å². The summed E-state index contributed by atoms with van der Waals surface area (Å²) in [6, 6.07) is 2.98. The van der Waals surface area contributed by atoms with E-state index in [0.29, 0.717) is 23.3 Å². The fraction of sp³-hybridized carbons (Fsp3) is 0.353. The summed E-state index contributed by atoms with van der Waals surface area (Å²) < 4.78 is 2.53. The van der Waals surface area contributed by atoms with E-state index >= 15 is 0 Å². The summed E-state index contributed by atoms with van der Waals surface area (Å²) in [5.41, 5.74) is 1.82. The Labute approximate surface area is 162 Å². The molecule has 134 valence electrons. The first-order chi connectivity index (χ1) is 12.7. The molecule has 2 unspecified atom stereocenters. The summed E-state index contributed by atoms with van der Waals surface area (Å²) >= 11 is 4.96. The molecule has 26 heavy (non-hydrogen) atoms. The number of fused-ring (bicyclic) bond motifs is 4. The molecule has 7 nitrogen and oxygen atoms in total. The highest BCUT2D eigenvalue weighted by molar-refractivity contribution is 9.10. The number of carbonyl (C=O) groups excluding carboxylic acids is 1. The van der Waals surface area contributed by atoms with Crippen LogP contribution in [-0.4, -0.2) is 45.7 Å². The largest absolute Gasteiger partial charge is 0.351 e. The fourth-order valence-electron chi connectivity index (χ4n) is 3.73. The predicted octanol–water partition coefficient (Wildman–Crippen LogP) is 2.75. The molecule has 2 bridgehead atoms. The molecule has 0 radical (unpaired) electrons. The zero-order valence-corrected chi connectivity index (χ0v) is 16.3. The zero-order chi connectivity index (χ0) is 17.7. The third-order valence-corrected chi connectivity index (χ3v) is 6.81. The van der Waals surface area contributed by atoms with Gasteiger partial charge in [-0.15, -0.1) is 11.3 Å². The lowest BCUT2D eigenvalue weighted by Crippen LogP contribution is -2.61. The van der Waals surface area contributed by atoms with Crippen molar-refractivity contribution in [1.29, 1.82) is 0 Å². The van der Waals surface area contributed by atoms with E-state index in [0.717, 1.165) is 29.1 Å². The molecule has 3 saturated heterocycles. The number of piperidine rings is 2. The second kappa shape index (κ2) is 6.33. The van der Waals surface area contributed by atoms with Gasteiger partial charge in [0.15, 0.2) is 5.65 Å². The smallest absolute Gasteiger partial charge is 0.261 e. The minimum Gasteiger partial charge on any atom is -0.351 e. The number of nitrogens with zero attached hydrogens (tertiary/aromatic N) is 4. The van der Waals surface area contributed by atoms with E-state index in [1.165, 1.54) is 24.2 Å². The molecular weight excluding hydrogens is 416 g/mol. The lowest BCUT2D eigenvalue weighted by atomic mass is 9.93. The van der Waals surface area contributed by atoms with Gasteiger partial charge in [0.25, 0.3) is 5.91 Å². The number of hydrogen-bond donors (Lipinski definition) is 2. The number of carbonyl (C=O) groups is 1. The summed E-state index contributed by atoms with van der Waals surface area (Å²) in [6.45, 7) is 1.96. The monoisotopic (exact) mass is 432 g/mol. The number of rotatable bonds is 3. The first-order valence-corrected chi connectivity index (χ1v) is 10.3. The van der Waals surface area contributed by atoms with Crippen LogP contribution in [0.4, 0.5) is 11.5 Å². The van der Waals surface area contributed by atoms with Crippen molar-refractivity contribution in [2.75, 3.05) is 23.3 Å². The topological polar surface area (TPSA) is 74.6 Å². The maximum Gasteiger partial charge on any atom is 0.261 e. The Morgan fingerprint density at radius 1 is 1.38 bits per heavy atom. The Morgan fingerprint density at radius 2 is 2.31 bits per heavy atom. The Hall–Kier alpha value is -1.97. The lowest BCUT2D eigenvalue weighted by Gasteiger charge is -2.46. The van der Waals surface area contributed by atoms with E-state index in [4.69, 9.17) is 4.98 Å². The molecule has 3 fully saturated rings. The lowest BCUT2D eigenvalue weighted by molar-refractivity contribution is 0.102. The molecule has 3 aromatic rings. The van der Waals surface area contributed by atoms with Crippen molar-refractivity contribution in [1.82, 2.24) is 19.9 Å². The molecule has 3 aliphatic heterocycles. The summed E-state index contributed by atoms with van der Waals surface area (Å²) in [5, 5.41) is 14.6. The molecule has 3 aromatic heterocycles. The van der Waals surface area contributed by atoms with Gasteiger partial charge in [-0.25, -0.2) is 9.50 Å². The highest BCUT2D eigenvalue weighted by atomic mass is 79.9. The molecule has 0 aliphatic carbocycles. The number of piperazine rings is 1. The van der Waals surface area contributed by atoms with E-state index in [2.05, 4.69) is 36.6 Å². The number of nitrogens with one attached hydrogen (secondary N) is 2. The normalized spacial score (nSPS) is 22.1. The number of hydrogen-bond acceptors (Lipinski definition) is 6. The van der Waals surface area contributed by atoms with Gasteiger partial charge in [0.1, 0.15) is 11.4 Å². The Balaban J connectivity index is 1.47. The standard InChI is InChI=1S/C17H17BrN6OS/c18-13-8-26-9-14(13)21-17(25)12-6-20-24-4-3-15(22-16(12)24)23-7-10-1-2-11(23)5-19-10/h3-4,6,8-11,19H,1-2,5,7H2,(H,21,25). The zero-order valence-electron chi connectivity index (χ0n) is 13.9. The number of amides is 1. The van der Waals surface area contributed by atoms with Crippen LogP contribution in [0, 0.1) is 0 Å². The third kappa shape index (κ3) is 2.70. The van der Waals surface area contributed by atoms with Crippen LogP contribution < -0.4 is 15.5 Å². The SMILES string of the molecule is O=C(Nc1cscc1Br)c1cnn2ccc(N3CC4CCC3CN4)nc12. The first-order valence-electron chi connectivity index (χ1n) is 8.56. The van der Waals surface area contributed by atoms with Gasteiger partial charge in [-0.1, -0.05) is 0 Å². The number of thiophene rings is 1. The van der Waals surface area contributed by atoms with Crippen molar-refractivity contribution in [3.63, 3.8) is 0 Å². The second-order valence-electron chi connectivity index (χ2n) is 6.69. The van der Waals surface area contributed by atoms with Gasteiger partial charge >= 0.3 is 0 Å². The molecule has 6 heterocycles. The third-order valence-electron chi connectivity index (χ3n) is 5.10. The Kier molecular flexibility index (Phi) is 3.95. The summed E-state index contributed by atoms with van der Waals surface area (Å²) in [6.07, 6.45) is 5.86. The minimum absolute atomic E-state index is 0.203. The van der Waals surface area contributed by atoms with Crippen LogP contribution in [0.25, 0.3) is 5.65 Å². The maximum absolute atomic E-state index is 12.7. The van der Waals surface area contributed by atoms with E-state index in [1.807, 2.05) is 23.0 Å². The van der Waals surface area contributed by atoms with Gasteiger partial charge in [-0.05, 0) is 34.8 Å². The second-order valence-corrected chi connectivity index (χ2v) is 8.29. The van der Waals surface area contributed by atoms with Crippen molar-refractivity contribution < 1.29 is 4.79 Å². The maximum atomic E-state index is 12.7. The molecular formula is C17H17BrN6OS. The molecule has 6 rings (SSSR count). The van der Waals surface area contributed by atoms with E-state index in [-0.39, 0.29) is 5.91 Å². The van der Waals surface area contributed by atoms with Crippen molar-refractivity contribution in [2.24, 2.45) is 0 Å². The molecule has 3 aliphatic rings. The highest BCUT2D eigenvalue weighted by Gasteiger charge is 2.34. The summed E-state index contributed by atoms with van der Waals surface area (Å²) in [5.74, 6) is 0.713. The van der Waals surface area contributed by atoms with Gasteiger partial charge in [0.05, 0.1) is 16.4 Å². The number of halogens is 1. The van der Waals surface area contributed by atoms with E-state index in [1.54, 1.807) is 10.7 Å². The average molecular weight is 433 g/mol. The minimum atomic E-state index is -0.203. The van der Waals surface area contributed by atoms with Gasteiger partial charge in [-0.2, -0.15) is 5.10 Å². The average Bonchev–Trinajstić information content (AvgIpc) is 3.28. The van der Waals surface area contributed by atoms with Gasteiger partial charge < -0.3 is 15.5 Å². The number of anilines is 2. The first kappa shape index (κ1) is 16.2. The Morgan fingerprint density at radius 3 is 3.00 bits per heavy atom. The molecule has 0 aromatic carbocycles. The molecule has 2 N–H and O–H groups in total. The van der Waals surface area contributed by atoms with E-state index < -0.39 is 0 Å². The molecule has 9 heteroatoms. The van der Waals surface area contributed by atoms with Crippen LogP contribution in [0.3, 0.4) is 0 Å². The van der Waals surface area contributed by atoms with Crippen LogP contribution in [0.5, 0.6) is 0 Å². The molecule has 0 spiro atoms. The summed E-state index contributed by atoms with van der Waals surface area (Å²) in [4.78, 5) is 19.8. The molecule has 0 saturated carbocycles. The van der Waals surface area contributed by atoms with Crippen molar-refractivity contribution in [2.45, 2.75) is 24.9 Å². The molecule has 1 amide bonds. The van der Waals surface area contributed by atoms with E-state index in [9.17, 15) is 4.79 Å². The quantitative estimate of drug-likeness (QED) is 0.665. The van der Waals surface area contributed by atoms with Gasteiger partial charge in [0, 0.05) is 42.1 Å². The highest BCUT2D eigenvalue weighted by Crippen LogP contribution is 2.29. The van der Waals surface area contributed by atoms with Crippen LogP contribution in [-0.2, 0) is 0 Å². The van der Waals surface area contributed by atoms with Crippen molar-refractivity contribution in [3.8, 4) is 0 Å². The van der Waals surface area contributed by atoms with Crippen molar-refractivity contribution >= 4 is 50.3 Å². The van der Waals surface area contributed by atoms with Crippen molar-refractivity contribution in [3.05, 3.63) is 39.3 Å². The fourth-order valence-corrected chi connectivity index (χ4v) is 5.05. The van der Waals surface area contributed by atoms with Crippen LogP contribution in [0.1, 0.15) is 23.2 Å².